The Hall–Kier alpha value is -1.85. The summed E-state index contributed by atoms with van der Waals surface area (Å²) in [7, 11) is 1.91. The maximum atomic E-state index is 10.6. The highest BCUT2D eigenvalue weighted by molar-refractivity contribution is 5.31. The predicted molar refractivity (Wildman–Crippen MR) is 84.3 cm³/mol. The lowest BCUT2D eigenvalue weighted by Gasteiger charge is -2.35. The Morgan fingerprint density at radius 3 is 2.91 bits per heavy atom. The highest BCUT2D eigenvalue weighted by Crippen LogP contribution is 2.30. The van der Waals surface area contributed by atoms with E-state index < -0.39 is 6.10 Å². The van der Waals surface area contributed by atoms with Crippen molar-refractivity contribution in [2.24, 2.45) is 13.0 Å². The van der Waals surface area contributed by atoms with Gasteiger partial charge >= 0.3 is 0 Å². The molecule has 0 aliphatic carbocycles. The van der Waals surface area contributed by atoms with E-state index in [0.717, 1.165) is 43.9 Å². The third kappa shape index (κ3) is 3.15. The van der Waals surface area contributed by atoms with Crippen molar-refractivity contribution < 1.29 is 10.2 Å². The van der Waals surface area contributed by atoms with Gasteiger partial charge in [-0.05, 0) is 25.5 Å². The maximum absolute atomic E-state index is 10.6. The number of phenolic OH excluding ortho intramolecular Hbond substituents is 1. The number of aliphatic hydroxyl groups excluding tert-OH is 1. The number of nitrogens with zero attached hydrogens (tertiary/aromatic N) is 3. The molecule has 118 valence electrons. The highest BCUT2D eigenvalue weighted by atomic mass is 16.3. The summed E-state index contributed by atoms with van der Waals surface area (Å²) in [4.78, 5) is 6.57. The van der Waals surface area contributed by atoms with E-state index in [-0.39, 0.29) is 5.92 Å². The first-order chi connectivity index (χ1) is 10.6. The Bertz CT molecular complexity index is 626. The molecule has 0 saturated carbocycles. The zero-order chi connectivity index (χ0) is 15.5. The first kappa shape index (κ1) is 15.1. The average molecular weight is 301 g/mol. The van der Waals surface area contributed by atoms with Gasteiger partial charge in [0, 0.05) is 44.0 Å². The van der Waals surface area contributed by atoms with Crippen LogP contribution in [0.2, 0.25) is 0 Å². The van der Waals surface area contributed by atoms with E-state index in [1.165, 1.54) is 0 Å². The minimum atomic E-state index is -0.535. The van der Waals surface area contributed by atoms with Gasteiger partial charge in [-0.15, -0.1) is 0 Å². The van der Waals surface area contributed by atoms with Crippen molar-refractivity contribution in [3.63, 3.8) is 0 Å². The predicted octanol–water partition coefficient (Wildman–Crippen LogP) is 2.07. The average Bonchev–Trinajstić information content (AvgIpc) is 2.95. The largest absolute Gasteiger partial charge is 0.508 e. The molecule has 0 spiro atoms. The van der Waals surface area contributed by atoms with Gasteiger partial charge in [-0.2, -0.15) is 0 Å². The lowest BCUT2D eigenvalue weighted by Crippen LogP contribution is -2.37. The van der Waals surface area contributed by atoms with Crippen molar-refractivity contribution >= 4 is 0 Å². The molecule has 2 unspecified atom stereocenters. The van der Waals surface area contributed by atoms with Crippen LogP contribution in [0.5, 0.6) is 5.75 Å². The molecule has 0 amide bonds. The van der Waals surface area contributed by atoms with Gasteiger partial charge in [0.1, 0.15) is 17.7 Å². The molecule has 22 heavy (non-hydrogen) atoms. The number of piperidine rings is 1. The van der Waals surface area contributed by atoms with Gasteiger partial charge in [0.05, 0.1) is 0 Å². The van der Waals surface area contributed by atoms with Crippen LogP contribution in [0.15, 0.2) is 36.7 Å². The molecule has 5 heteroatoms. The standard InChI is InChI=1S/C17H23N3O2/c1-19-10-8-18-17(19)16(22)14-6-4-9-20(12-14)11-13-5-2-3-7-15(13)21/h2-3,5,7-8,10,14,16,21-22H,4,6,9,11-12H2,1H3. The van der Waals surface area contributed by atoms with E-state index in [4.69, 9.17) is 0 Å². The fourth-order valence-corrected chi connectivity index (χ4v) is 3.25. The third-order valence-electron chi connectivity index (χ3n) is 4.50. The normalized spacial score (nSPS) is 20.9. The quantitative estimate of drug-likeness (QED) is 0.907. The molecule has 2 N–H and O–H groups in total. The highest BCUT2D eigenvalue weighted by Gasteiger charge is 2.29. The van der Waals surface area contributed by atoms with Gasteiger partial charge in [0.25, 0.3) is 0 Å². The van der Waals surface area contributed by atoms with E-state index in [0.29, 0.717) is 5.75 Å². The van der Waals surface area contributed by atoms with Gasteiger partial charge < -0.3 is 14.8 Å². The van der Waals surface area contributed by atoms with Crippen LogP contribution >= 0.6 is 0 Å². The molecular formula is C17H23N3O2. The van der Waals surface area contributed by atoms with E-state index in [1.54, 1.807) is 12.3 Å². The molecule has 1 fully saturated rings. The summed E-state index contributed by atoms with van der Waals surface area (Å²) >= 11 is 0. The fraction of sp³-hybridized carbons (Fsp3) is 0.471. The number of benzene rings is 1. The Labute approximate surface area is 130 Å². The number of phenols is 1. The molecule has 2 atom stereocenters. The second-order valence-electron chi connectivity index (χ2n) is 6.11. The topological polar surface area (TPSA) is 61.5 Å². The molecule has 1 aliphatic rings. The van der Waals surface area contributed by atoms with Crippen LogP contribution in [0.25, 0.3) is 0 Å². The minimum absolute atomic E-state index is 0.181. The minimum Gasteiger partial charge on any atom is -0.508 e. The second-order valence-corrected chi connectivity index (χ2v) is 6.11. The van der Waals surface area contributed by atoms with Crippen LogP contribution in [-0.2, 0) is 13.6 Å². The van der Waals surface area contributed by atoms with Crippen molar-refractivity contribution in [2.45, 2.75) is 25.5 Å². The molecule has 0 radical (unpaired) electrons. The number of rotatable bonds is 4. The molecule has 1 aliphatic heterocycles. The fourth-order valence-electron chi connectivity index (χ4n) is 3.25. The van der Waals surface area contributed by atoms with Crippen molar-refractivity contribution in [3.05, 3.63) is 48.0 Å². The first-order valence-electron chi connectivity index (χ1n) is 7.79. The SMILES string of the molecule is Cn1ccnc1C(O)C1CCCN(Cc2ccccc2O)C1. The molecule has 2 heterocycles. The number of aromatic hydroxyl groups is 1. The molecule has 3 rings (SSSR count). The number of hydrogen-bond donors (Lipinski definition) is 2. The monoisotopic (exact) mass is 301 g/mol. The summed E-state index contributed by atoms with van der Waals surface area (Å²) in [5.74, 6) is 1.25. The lowest BCUT2D eigenvalue weighted by atomic mass is 9.91. The molecule has 1 aromatic carbocycles. The van der Waals surface area contributed by atoms with Gasteiger partial charge in [-0.3, -0.25) is 4.90 Å². The number of aryl methyl sites for hydroxylation is 1. The van der Waals surface area contributed by atoms with Crippen LogP contribution in [-0.4, -0.2) is 37.8 Å². The molecule has 5 nitrogen and oxygen atoms in total. The summed E-state index contributed by atoms with van der Waals surface area (Å²) in [5, 5.41) is 20.5. The number of likely N-dealkylation sites (tertiary alicyclic amines) is 1. The summed E-state index contributed by atoms with van der Waals surface area (Å²) in [6.07, 6.45) is 5.11. The van der Waals surface area contributed by atoms with Crippen LogP contribution in [0, 0.1) is 5.92 Å². The van der Waals surface area contributed by atoms with E-state index >= 15 is 0 Å². The summed E-state index contributed by atoms with van der Waals surface area (Å²) in [6.45, 7) is 2.54. The maximum Gasteiger partial charge on any atom is 0.137 e. The van der Waals surface area contributed by atoms with Crippen LogP contribution < -0.4 is 0 Å². The van der Waals surface area contributed by atoms with Crippen LogP contribution in [0.4, 0.5) is 0 Å². The second kappa shape index (κ2) is 6.50. The van der Waals surface area contributed by atoms with Gasteiger partial charge in [0.15, 0.2) is 0 Å². The van der Waals surface area contributed by atoms with Crippen molar-refractivity contribution in [1.82, 2.24) is 14.5 Å². The smallest absolute Gasteiger partial charge is 0.137 e. The Morgan fingerprint density at radius 2 is 2.18 bits per heavy atom. The molecule has 1 saturated heterocycles. The van der Waals surface area contributed by atoms with Gasteiger partial charge in [-0.25, -0.2) is 4.98 Å². The van der Waals surface area contributed by atoms with Crippen molar-refractivity contribution in [3.8, 4) is 5.75 Å². The first-order valence-corrected chi connectivity index (χ1v) is 7.79. The number of imidazole rings is 1. The zero-order valence-corrected chi connectivity index (χ0v) is 12.9. The summed E-state index contributed by atoms with van der Waals surface area (Å²) in [6, 6.07) is 7.45. The van der Waals surface area contributed by atoms with E-state index in [2.05, 4.69) is 9.88 Å². The van der Waals surface area contributed by atoms with Crippen LogP contribution in [0.3, 0.4) is 0 Å². The number of para-hydroxylation sites is 1. The Kier molecular flexibility index (Phi) is 4.45. The Balaban J connectivity index is 1.67. The molecule has 1 aromatic heterocycles. The summed E-state index contributed by atoms with van der Waals surface area (Å²) < 4.78 is 1.88. The van der Waals surface area contributed by atoms with Crippen molar-refractivity contribution in [2.75, 3.05) is 13.1 Å². The molecule has 0 bridgehead atoms. The van der Waals surface area contributed by atoms with E-state index in [1.807, 2.05) is 36.0 Å². The number of aliphatic hydroxyl groups is 1. The summed E-state index contributed by atoms with van der Waals surface area (Å²) in [5.41, 5.74) is 0.939. The van der Waals surface area contributed by atoms with Gasteiger partial charge in [0.2, 0.25) is 0 Å². The number of hydrogen-bond acceptors (Lipinski definition) is 4. The lowest BCUT2D eigenvalue weighted by molar-refractivity contribution is 0.0403. The third-order valence-corrected chi connectivity index (χ3v) is 4.50. The Morgan fingerprint density at radius 1 is 1.36 bits per heavy atom. The van der Waals surface area contributed by atoms with Crippen molar-refractivity contribution in [1.29, 1.82) is 0 Å². The van der Waals surface area contributed by atoms with Crippen LogP contribution in [0.1, 0.15) is 30.3 Å². The number of aromatic nitrogens is 2. The zero-order valence-electron chi connectivity index (χ0n) is 12.9. The molecule has 2 aromatic rings. The molecular weight excluding hydrogens is 278 g/mol. The van der Waals surface area contributed by atoms with E-state index in [9.17, 15) is 10.2 Å². The van der Waals surface area contributed by atoms with Gasteiger partial charge in [-0.1, -0.05) is 18.2 Å².